The van der Waals surface area contributed by atoms with Crippen LogP contribution >= 0.6 is 120 Å². The molecule has 11 aromatic rings. The number of benzene rings is 5. The second kappa shape index (κ2) is 46.4. The molecular formula is C66H77Cl10N22O8P. The number of aliphatic hydroxyl groups is 1. The summed E-state index contributed by atoms with van der Waals surface area (Å²) in [6.45, 7) is 18.3. The van der Waals surface area contributed by atoms with Crippen molar-refractivity contribution in [1.82, 2.24) is 79.3 Å². The SMILES string of the molecule is CCC(=O)NN.CCO.CCc1nc2c3cc(Cl)ccc3[nH]c(=O)n2n1.CCc1nc2c3cc(Cl)ccc3nc(Cl)n2n1.CCc1nc2c3cc(Cl)ccc3nc(N3CCN(C)CC3)n2n1.CN1CCNCC1.COC(=O)Cl.COC(=O)Nc1ccc(Cl)cc1C#N.N#Cc1cc(Cl)ccc1N.O=P(Cl)(Cl)Cl. The number of nitriles is 2. The molecule has 2 saturated heterocycles. The van der Waals surface area contributed by atoms with Gasteiger partial charge in [0.05, 0.1) is 47.6 Å². The highest BCUT2D eigenvalue weighted by molar-refractivity contribution is 8.24. The molecule has 0 atom stereocenters. The number of amides is 2. The molecule has 2 aliphatic rings. The summed E-state index contributed by atoms with van der Waals surface area (Å²) >= 11 is 53.9. The van der Waals surface area contributed by atoms with Crippen molar-refractivity contribution in [2.75, 3.05) is 103 Å². The summed E-state index contributed by atoms with van der Waals surface area (Å²) < 4.78 is 22.5. The van der Waals surface area contributed by atoms with Crippen molar-refractivity contribution in [2.24, 2.45) is 5.84 Å². The number of hydrazine groups is 1. The number of fused-ring (bicyclic) bond motifs is 9. The Hall–Kier alpha value is -7.95. The number of aliphatic hydroxyl groups excluding tert-OH is 1. The van der Waals surface area contributed by atoms with Gasteiger partial charge in [-0.25, -0.2) is 45.1 Å². The first-order chi connectivity index (χ1) is 50.8. The minimum atomic E-state index is -3.22. The number of nitrogens with one attached hydrogen (secondary N) is 4. The number of anilines is 3. The molecule has 6 aromatic heterocycles. The number of ether oxygens (including phenoxy) is 2. The number of H-pyrrole nitrogens is 1. The number of rotatable bonds is 6. The molecule has 0 radical (unpaired) electrons. The lowest BCUT2D eigenvalue weighted by Crippen LogP contribution is -2.45. The molecule has 30 nitrogen and oxygen atoms in total. The third-order valence-electron chi connectivity index (χ3n) is 14.2. The standard InChI is InChI=1S/C16H19ClN6.C11H8Cl2N4.C11H9ClN4O.C9H7ClN2O2.C7H5ClN2.C5H12N2.C3H8N2O.C2H3ClO2.C2H6O.Cl3OP/c1-3-14-19-15-12-10-11(17)4-5-13(12)18-16(23(15)20-14)22-8-6-21(2)7-9-22;1-2-9-15-10-7-5-6(12)3-4-8(7)14-11(13)17(10)16-9;1-2-9-14-10-7-5-6(12)3-4-8(7)13-11(17)16(10)15-9;1-14-9(13)12-8-3-2-7(10)4-6(8)5-11;8-6-1-2-7(10)5(3-6)4-9;1-7-4-2-6-3-5-7;1-2-3(6)5-4;1-5-2(3)4;1-2-3;1-5(2,3)4/h4-5,10H,3,6-9H2,1-2H3;3-5H,2H2,1H3;3-5H,2H2,1H3,(H,13,17);2-4H,1H3,(H,12,13);1-3H,10H2;6H,2-5H2,1H3;2,4H2,1H3,(H,5,6);1H3;3H,2H2,1H3;. The lowest BCUT2D eigenvalue weighted by atomic mass is 10.2. The van der Waals surface area contributed by atoms with Crippen molar-refractivity contribution in [1.29, 1.82) is 10.5 Å². The molecule has 574 valence electrons. The van der Waals surface area contributed by atoms with Crippen LogP contribution in [-0.4, -0.2) is 178 Å². The van der Waals surface area contributed by atoms with Crippen LogP contribution < -0.4 is 38.2 Å². The second-order valence-electron chi connectivity index (χ2n) is 21.8. The molecular weight excluding hydrogens is 1610 g/mol. The Morgan fingerprint density at radius 3 is 1.47 bits per heavy atom. The zero-order valence-corrected chi connectivity index (χ0v) is 67.6. The summed E-state index contributed by atoms with van der Waals surface area (Å²) in [5.41, 5.74) is 12.4. The van der Waals surface area contributed by atoms with Gasteiger partial charge in [0.15, 0.2) is 34.4 Å². The zero-order chi connectivity index (χ0) is 79.7. The molecule has 0 aliphatic carbocycles. The van der Waals surface area contributed by atoms with Crippen molar-refractivity contribution in [3.63, 3.8) is 0 Å². The maximum Gasteiger partial charge on any atom is 0.411 e. The van der Waals surface area contributed by atoms with Gasteiger partial charge in [-0.1, -0.05) is 85.7 Å². The number of carbonyl (C=O) groups is 3. The molecule has 2 amide bonds. The van der Waals surface area contributed by atoms with E-state index in [-0.39, 0.29) is 18.2 Å². The van der Waals surface area contributed by atoms with Gasteiger partial charge in [-0.2, -0.15) is 24.1 Å². The second-order valence-corrected chi connectivity index (χ2v) is 31.2. The summed E-state index contributed by atoms with van der Waals surface area (Å²) in [6, 6.07) is 29.7. The number of nitrogens with zero attached hydrogens (tertiary/aromatic N) is 16. The van der Waals surface area contributed by atoms with Gasteiger partial charge >= 0.3 is 22.4 Å². The molecule has 9 N–H and O–H groups in total. The molecule has 41 heteroatoms. The van der Waals surface area contributed by atoms with Crippen molar-refractivity contribution >= 4 is 205 Å². The Morgan fingerprint density at radius 2 is 1.03 bits per heavy atom. The van der Waals surface area contributed by atoms with Crippen molar-refractivity contribution < 1.29 is 33.5 Å². The van der Waals surface area contributed by atoms with Crippen LogP contribution in [0.25, 0.3) is 49.7 Å². The van der Waals surface area contributed by atoms with Gasteiger partial charge in [-0.05, 0) is 157 Å². The number of piperazine rings is 2. The number of aromatic amines is 1. The molecule has 0 spiro atoms. The Labute approximate surface area is 665 Å². The smallest absolute Gasteiger partial charge is 0.411 e. The number of halogens is 10. The van der Waals surface area contributed by atoms with E-state index >= 15 is 0 Å². The highest BCUT2D eigenvalue weighted by Crippen LogP contribution is 2.61. The number of likely N-dealkylation sites (N-methyl/N-ethyl adjacent to an activating group) is 2. The third-order valence-corrected chi connectivity index (χ3v) is 15.8. The Kier molecular flexibility index (Phi) is 39.7. The summed E-state index contributed by atoms with van der Waals surface area (Å²) in [4.78, 5) is 74.2. The third kappa shape index (κ3) is 30.2. The molecule has 2 fully saturated rings. The van der Waals surface area contributed by atoms with Crippen LogP contribution in [0.3, 0.4) is 0 Å². The number of hydrogen-bond acceptors (Lipinski definition) is 24. The lowest BCUT2D eigenvalue weighted by molar-refractivity contribution is -0.120. The zero-order valence-electron chi connectivity index (χ0n) is 59.2. The van der Waals surface area contributed by atoms with Crippen LogP contribution in [0.1, 0.15) is 69.6 Å². The monoisotopic (exact) mass is 1690 g/mol. The molecule has 13 rings (SSSR count). The van der Waals surface area contributed by atoms with E-state index in [1.165, 1.54) is 50.0 Å². The van der Waals surface area contributed by atoms with E-state index in [1.807, 2.05) is 66.3 Å². The molecule has 8 heterocycles. The minimum absolute atomic E-state index is 0.130. The first kappa shape index (κ1) is 91.4. The Bertz CT molecular complexity index is 4950. The van der Waals surface area contributed by atoms with Gasteiger partial charge in [0, 0.05) is 143 Å². The van der Waals surface area contributed by atoms with Gasteiger partial charge in [-0.3, -0.25) is 20.1 Å². The van der Waals surface area contributed by atoms with Gasteiger partial charge in [-0.15, -0.1) is 15.3 Å². The lowest BCUT2D eigenvalue weighted by Gasteiger charge is -2.33. The average Bonchev–Trinajstić information content (AvgIpc) is 1.68. The van der Waals surface area contributed by atoms with E-state index in [0.717, 1.165) is 103 Å². The predicted molar refractivity (Wildman–Crippen MR) is 428 cm³/mol. The van der Waals surface area contributed by atoms with E-state index in [1.54, 1.807) is 60.8 Å². The van der Waals surface area contributed by atoms with Crippen LogP contribution in [0.15, 0.2) is 95.8 Å². The number of methoxy groups -OCH3 is 2. The van der Waals surface area contributed by atoms with Gasteiger partial charge in [0.25, 0.3) is 0 Å². The Morgan fingerprint density at radius 1 is 0.607 bits per heavy atom. The summed E-state index contributed by atoms with van der Waals surface area (Å²) in [7, 11) is 6.76. The molecule has 0 bridgehead atoms. The van der Waals surface area contributed by atoms with E-state index < -0.39 is 16.7 Å². The van der Waals surface area contributed by atoms with E-state index in [2.05, 4.69) is 147 Å². The minimum Gasteiger partial charge on any atom is -0.457 e. The molecule has 0 unspecified atom stereocenters. The van der Waals surface area contributed by atoms with Crippen LogP contribution in [0.2, 0.25) is 30.4 Å². The van der Waals surface area contributed by atoms with Crippen molar-refractivity contribution in [2.45, 2.75) is 60.3 Å². The Balaban J connectivity index is 0.000000265. The van der Waals surface area contributed by atoms with E-state index in [4.69, 9.17) is 96.0 Å². The number of aromatic nitrogens is 12. The van der Waals surface area contributed by atoms with Gasteiger partial charge in [0.1, 0.15) is 12.1 Å². The molecule has 0 saturated carbocycles. The number of hydrogen-bond donors (Lipinski definition) is 7. The van der Waals surface area contributed by atoms with Crippen LogP contribution in [0.5, 0.6) is 0 Å². The van der Waals surface area contributed by atoms with Crippen LogP contribution in [0, 0.1) is 22.7 Å². The quantitative estimate of drug-likeness (QED) is 0.0155. The highest BCUT2D eigenvalue weighted by Gasteiger charge is 2.22. The highest BCUT2D eigenvalue weighted by atomic mass is 36.0. The number of aryl methyl sites for hydroxylation is 3. The number of nitrogens with two attached hydrogens (primary N) is 2. The maximum absolute atomic E-state index is 11.8. The predicted octanol–water partition coefficient (Wildman–Crippen LogP) is 14.1. The molecule has 2 aliphatic heterocycles. The number of carbonyl (C=O) groups excluding carboxylic acids is 3. The fourth-order valence-electron chi connectivity index (χ4n) is 8.89. The van der Waals surface area contributed by atoms with E-state index in [9.17, 15) is 23.7 Å². The van der Waals surface area contributed by atoms with Gasteiger partial charge < -0.3 is 45.3 Å². The average molecular weight is 1690 g/mol. The fraction of sp³-hybridized carbons (Fsp3) is 0.333. The number of nitrogen functional groups attached to an aromatic ring is 1. The maximum atomic E-state index is 11.8. The first-order valence-corrected chi connectivity index (χ1v) is 39.2. The van der Waals surface area contributed by atoms with Crippen molar-refractivity contribution in [3.05, 3.63) is 160 Å². The normalized spacial score (nSPS) is 12.3. The molecule has 107 heavy (non-hydrogen) atoms. The summed E-state index contributed by atoms with van der Waals surface area (Å²) in [5, 5.41) is 46.1. The van der Waals surface area contributed by atoms with Gasteiger partial charge in [0.2, 0.25) is 17.1 Å². The largest absolute Gasteiger partial charge is 0.457 e. The summed E-state index contributed by atoms with van der Waals surface area (Å²) in [5.74, 6) is 7.63. The van der Waals surface area contributed by atoms with E-state index in [0.29, 0.717) is 88.4 Å². The first-order valence-electron chi connectivity index (χ1n) is 32.1. The van der Waals surface area contributed by atoms with Crippen LogP contribution in [-0.2, 0) is 38.1 Å². The molecule has 5 aromatic carbocycles. The summed E-state index contributed by atoms with van der Waals surface area (Å²) in [6.07, 6.45) is 2.06. The van der Waals surface area contributed by atoms with Crippen LogP contribution in [0.4, 0.5) is 26.9 Å². The van der Waals surface area contributed by atoms with Crippen molar-refractivity contribution in [3.8, 4) is 12.1 Å². The fourth-order valence-corrected chi connectivity index (χ4v) is 9.96. The topological polar surface area (TPSA) is 402 Å².